The largest absolute Gasteiger partial charge is 0.404 e. The molecule has 0 radical (unpaired) electrons. The summed E-state index contributed by atoms with van der Waals surface area (Å²) >= 11 is 0. The molecular weight excluding hydrogens is 443 g/mol. The van der Waals surface area contributed by atoms with Gasteiger partial charge in [0.15, 0.2) is 0 Å². The summed E-state index contributed by atoms with van der Waals surface area (Å²) in [6, 6.07) is 6.91. The lowest BCUT2D eigenvalue weighted by Crippen LogP contribution is -2.45. The lowest BCUT2D eigenvalue weighted by Gasteiger charge is -2.23. The fourth-order valence-corrected chi connectivity index (χ4v) is 5.10. The van der Waals surface area contributed by atoms with Gasteiger partial charge in [0.05, 0.1) is 4.90 Å². The van der Waals surface area contributed by atoms with Crippen LogP contribution in [0.15, 0.2) is 66.2 Å². The van der Waals surface area contributed by atoms with Crippen LogP contribution >= 0.6 is 0 Å². The normalized spacial score (nSPS) is 19.7. The maximum absolute atomic E-state index is 14.2. The van der Waals surface area contributed by atoms with E-state index in [0.29, 0.717) is 11.1 Å². The van der Waals surface area contributed by atoms with Crippen molar-refractivity contribution in [2.75, 3.05) is 6.54 Å². The molecule has 2 atom stereocenters. The van der Waals surface area contributed by atoms with E-state index in [2.05, 4.69) is 11.9 Å². The second-order valence-electron chi connectivity index (χ2n) is 7.23. The molecule has 1 aliphatic heterocycles. The number of alkyl halides is 1. The molecule has 10 heteroatoms. The molecule has 2 aromatic rings. The van der Waals surface area contributed by atoms with Crippen molar-refractivity contribution >= 4 is 21.5 Å². The number of benzene rings is 2. The Morgan fingerprint density at radius 2 is 1.91 bits per heavy atom. The first-order valence-corrected chi connectivity index (χ1v) is 11.1. The second-order valence-corrected chi connectivity index (χ2v) is 9.12. The van der Waals surface area contributed by atoms with Crippen LogP contribution in [0.2, 0.25) is 0 Å². The monoisotopic (exact) mass is 465 g/mol. The third-order valence-electron chi connectivity index (χ3n) is 5.16. The van der Waals surface area contributed by atoms with E-state index in [0.717, 1.165) is 28.6 Å². The minimum Gasteiger partial charge on any atom is -0.404 e. The van der Waals surface area contributed by atoms with E-state index in [-0.39, 0.29) is 23.4 Å². The number of hydrogen-bond acceptors (Lipinski definition) is 4. The number of halogens is 3. The number of allylic oxidation sites excluding steroid dienone is 2. The van der Waals surface area contributed by atoms with E-state index in [9.17, 15) is 26.4 Å². The van der Waals surface area contributed by atoms with Crippen molar-refractivity contribution in [3.8, 4) is 0 Å². The quantitative estimate of drug-likeness (QED) is 0.615. The Morgan fingerprint density at radius 3 is 2.53 bits per heavy atom. The van der Waals surface area contributed by atoms with Gasteiger partial charge in [0.25, 0.3) is 0 Å². The highest BCUT2D eigenvalue weighted by atomic mass is 32.2. The van der Waals surface area contributed by atoms with E-state index in [1.807, 2.05) is 0 Å². The van der Waals surface area contributed by atoms with Gasteiger partial charge in [-0.1, -0.05) is 18.7 Å². The van der Waals surface area contributed by atoms with Crippen LogP contribution in [0.4, 0.5) is 13.2 Å². The average molecular weight is 465 g/mol. The molecule has 1 aliphatic rings. The van der Waals surface area contributed by atoms with Crippen molar-refractivity contribution in [1.29, 1.82) is 0 Å². The van der Waals surface area contributed by atoms with Crippen LogP contribution < -0.4 is 11.1 Å². The van der Waals surface area contributed by atoms with Crippen molar-refractivity contribution in [2.24, 2.45) is 5.73 Å². The summed E-state index contributed by atoms with van der Waals surface area (Å²) in [7, 11) is -4.24. The smallest absolute Gasteiger partial charge is 0.243 e. The number of hydrogen-bond donors (Lipinski definition) is 2. The van der Waals surface area contributed by atoms with Gasteiger partial charge in [0.1, 0.15) is 23.8 Å². The summed E-state index contributed by atoms with van der Waals surface area (Å²) in [5.41, 5.74) is 6.80. The van der Waals surface area contributed by atoms with Crippen molar-refractivity contribution in [3.05, 3.63) is 84.1 Å². The van der Waals surface area contributed by atoms with Crippen LogP contribution in [0.1, 0.15) is 17.5 Å². The molecule has 6 nitrogen and oxygen atoms in total. The van der Waals surface area contributed by atoms with Gasteiger partial charge in [0.2, 0.25) is 15.9 Å². The Hall–Kier alpha value is -3.11. The summed E-state index contributed by atoms with van der Waals surface area (Å²) in [5.74, 6) is -1.98. The standard InChI is InChI=1S/C22H22F3N3O3S/c1-2-14(11-26)15-3-8-20(25)16(9-15)12-27-22(29)21-10-18(24)13-28(21)32(30,31)19-6-4-17(23)5-7-19/h2-9,11,18,21H,1,10,12-13,26H2,(H,27,29)/b14-11+/t18-,21+/m1/s1. The van der Waals surface area contributed by atoms with Gasteiger partial charge in [-0.15, -0.1) is 0 Å². The Kier molecular flexibility index (Phi) is 7.05. The van der Waals surface area contributed by atoms with Crippen molar-refractivity contribution in [3.63, 3.8) is 0 Å². The molecule has 32 heavy (non-hydrogen) atoms. The number of carbonyl (C=O) groups excluding carboxylic acids is 1. The molecule has 0 bridgehead atoms. The van der Waals surface area contributed by atoms with Crippen molar-refractivity contribution in [2.45, 2.75) is 30.1 Å². The zero-order chi connectivity index (χ0) is 23.5. The topological polar surface area (TPSA) is 92.5 Å². The van der Waals surface area contributed by atoms with Gasteiger partial charge in [-0.3, -0.25) is 4.79 Å². The van der Waals surface area contributed by atoms with E-state index < -0.39 is 46.3 Å². The fourth-order valence-electron chi connectivity index (χ4n) is 3.47. The third kappa shape index (κ3) is 4.86. The van der Waals surface area contributed by atoms with Gasteiger partial charge in [0, 0.05) is 31.3 Å². The predicted octanol–water partition coefficient (Wildman–Crippen LogP) is 2.87. The summed E-state index contributed by atoms with van der Waals surface area (Å²) < 4.78 is 68.0. The molecule has 0 spiro atoms. The number of nitrogens with zero attached hydrogens (tertiary/aromatic N) is 1. The Morgan fingerprint density at radius 1 is 1.22 bits per heavy atom. The SMILES string of the molecule is C=C/C(=C\N)c1ccc(F)c(CNC(=O)[C@@H]2C[C@@H](F)CN2S(=O)(=O)c2ccc(F)cc2)c1. The first-order valence-electron chi connectivity index (χ1n) is 9.69. The van der Waals surface area contributed by atoms with Crippen LogP contribution in [0.5, 0.6) is 0 Å². The van der Waals surface area contributed by atoms with E-state index in [1.54, 1.807) is 0 Å². The summed E-state index contributed by atoms with van der Waals surface area (Å²) in [6.45, 7) is 2.87. The van der Waals surface area contributed by atoms with E-state index in [1.165, 1.54) is 30.5 Å². The second kappa shape index (κ2) is 9.58. The van der Waals surface area contributed by atoms with Gasteiger partial charge in [-0.05, 0) is 47.5 Å². The number of sulfonamides is 1. The van der Waals surface area contributed by atoms with E-state index in [4.69, 9.17) is 5.73 Å². The molecule has 2 aromatic carbocycles. The summed E-state index contributed by atoms with van der Waals surface area (Å²) in [6.07, 6.45) is 0.908. The molecule has 170 valence electrons. The maximum atomic E-state index is 14.2. The van der Waals surface area contributed by atoms with E-state index >= 15 is 0 Å². The number of carbonyl (C=O) groups is 1. The highest BCUT2D eigenvalue weighted by molar-refractivity contribution is 7.89. The number of amides is 1. The Bertz CT molecular complexity index is 1150. The molecule has 1 saturated heterocycles. The van der Waals surface area contributed by atoms with Gasteiger partial charge in [-0.25, -0.2) is 21.6 Å². The van der Waals surface area contributed by atoms with Crippen LogP contribution in [-0.4, -0.2) is 37.4 Å². The fraction of sp³-hybridized carbons (Fsp3) is 0.227. The highest BCUT2D eigenvalue weighted by Crippen LogP contribution is 2.28. The molecule has 0 saturated carbocycles. The highest BCUT2D eigenvalue weighted by Gasteiger charge is 2.44. The summed E-state index contributed by atoms with van der Waals surface area (Å²) in [5, 5.41) is 2.48. The third-order valence-corrected chi connectivity index (χ3v) is 7.05. The number of nitrogens with one attached hydrogen (secondary N) is 1. The maximum Gasteiger partial charge on any atom is 0.243 e. The minimum atomic E-state index is -4.24. The zero-order valence-corrected chi connectivity index (χ0v) is 17.8. The molecule has 0 unspecified atom stereocenters. The van der Waals surface area contributed by atoms with Gasteiger partial charge in [-0.2, -0.15) is 4.31 Å². The molecule has 0 aromatic heterocycles. The first-order chi connectivity index (χ1) is 15.2. The molecule has 3 rings (SSSR count). The Labute approximate surface area is 184 Å². The van der Waals surface area contributed by atoms with Crippen LogP contribution in [0.3, 0.4) is 0 Å². The average Bonchev–Trinajstić information content (AvgIpc) is 3.17. The first kappa shape index (κ1) is 23.6. The molecule has 1 fully saturated rings. The number of nitrogens with two attached hydrogens (primary N) is 1. The lowest BCUT2D eigenvalue weighted by molar-refractivity contribution is -0.124. The van der Waals surface area contributed by atoms with Crippen molar-refractivity contribution < 1.29 is 26.4 Å². The van der Waals surface area contributed by atoms with Crippen molar-refractivity contribution in [1.82, 2.24) is 9.62 Å². The molecular formula is C22H22F3N3O3S. The van der Waals surface area contributed by atoms with Crippen LogP contribution in [-0.2, 0) is 21.4 Å². The summed E-state index contributed by atoms with van der Waals surface area (Å²) in [4.78, 5) is 12.5. The molecule has 1 heterocycles. The predicted molar refractivity (Wildman–Crippen MR) is 114 cm³/mol. The van der Waals surface area contributed by atoms with Gasteiger partial charge < -0.3 is 11.1 Å². The van der Waals surface area contributed by atoms with Gasteiger partial charge >= 0.3 is 0 Å². The molecule has 1 amide bonds. The van der Waals surface area contributed by atoms with Crippen LogP contribution in [0, 0.1) is 11.6 Å². The zero-order valence-electron chi connectivity index (χ0n) is 17.0. The van der Waals surface area contributed by atoms with Crippen LogP contribution in [0.25, 0.3) is 5.57 Å². The Balaban J connectivity index is 1.79. The number of rotatable bonds is 7. The molecule has 0 aliphatic carbocycles. The molecule has 3 N–H and O–H groups in total. The minimum absolute atomic E-state index is 0.139. The lowest BCUT2D eigenvalue weighted by atomic mass is 10.0.